The van der Waals surface area contributed by atoms with Crippen molar-refractivity contribution in [2.45, 2.75) is 45.7 Å². The highest BCUT2D eigenvalue weighted by Crippen LogP contribution is 2.34. The Kier molecular flexibility index (Phi) is 9.01. The summed E-state index contributed by atoms with van der Waals surface area (Å²) in [5.74, 6) is -1.48. The number of likely N-dealkylation sites (tertiary alicyclic amines) is 1. The fourth-order valence-electron chi connectivity index (χ4n) is 5.41. The molecule has 2 saturated heterocycles. The smallest absolute Gasteiger partial charge is 0.239 e. The minimum Gasteiger partial charge on any atom is -0.350 e. The van der Waals surface area contributed by atoms with Crippen molar-refractivity contribution in [2.75, 3.05) is 24.5 Å². The van der Waals surface area contributed by atoms with Gasteiger partial charge in [0.15, 0.2) is 0 Å². The summed E-state index contributed by atoms with van der Waals surface area (Å²) < 4.78 is 2.85. The van der Waals surface area contributed by atoms with Crippen molar-refractivity contribution in [3.63, 3.8) is 0 Å². The van der Waals surface area contributed by atoms with Crippen LogP contribution in [0.3, 0.4) is 0 Å². The number of halogens is 3. The first-order valence-corrected chi connectivity index (χ1v) is 15.2. The van der Waals surface area contributed by atoms with E-state index in [0.29, 0.717) is 60.3 Å². The normalized spacial score (nSPS) is 18.6. The molecule has 41 heavy (non-hydrogen) atoms. The molecule has 9 nitrogen and oxygen atoms in total. The molecule has 2 aromatic carbocycles. The van der Waals surface area contributed by atoms with E-state index in [4.69, 9.17) is 23.2 Å². The third-order valence-corrected chi connectivity index (χ3v) is 9.39. The van der Waals surface area contributed by atoms with Gasteiger partial charge in [-0.1, -0.05) is 56.5 Å². The van der Waals surface area contributed by atoms with E-state index in [1.165, 1.54) is 4.90 Å². The lowest BCUT2D eigenvalue weighted by Crippen LogP contribution is -2.46. The standard InChI is InChI=1S/C29H31BrCl2N6O3/c1-17-13-20(3-5-24(17)30)18(2)38-16-22(34-35-38)15-33-27(39)19-7-10-36(11-8-19)28(40)23-9-12-37(29(23)41)26-14-21(31)4-6-25(26)32/h3-6,13-14,16,18-19,23H,7-12,15H2,1-2H3,(H,33,39)/t18-,23?/m1/s1. The summed E-state index contributed by atoms with van der Waals surface area (Å²) in [5, 5.41) is 12.3. The first-order chi connectivity index (χ1) is 19.6. The van der Waals surface area contributed by atoms with Crippen LogP contribution < -0.4 is 10.2 Å². The van der Waals surface area contributed by atoms with E-state index in [1.54, 1.807) is 27.8 Å². The average Bonchev–Trinajstić information content (AvgIpc) is 3.60. The Hall–Kier alpha value is -2.95. The number of hydrogen-bond acceptors (Lipinski definition) is 5. The molecule has 5 rings (SSSR count). The zero-order valence-electron chi connectivity index (χ0n) is 22.8. The second-order valence-electron chi connectivity index (χ2n) is 10.6. The van der Waals surface area contributed by atoms with E-state index in [2.05, 4.69) is 50.6 Å². The number of anilines is 1. The van der Waals surface area contributed by atoms with Crippen LogP contribution in [0, 0.1) is 18.8 Å². The van der Waals surface area contributed by atoms with Gasteiger partial charge in [0.1, 0.15) is 11.6 Å². The van der Waals surface area contributed by atoms with Crippen LogP contribution in [0.4, 0.5) is 5.69 Å². The number of carbonyl (C=O) groups is 3. The molecule has 1 unspecified atom stereocenters. The molecule has 2 atom stereocenters. The molecule has 2 aliphatic rings. The van der Waals surface area contributed by atoms with Gasteiger partial charge in [-0.2, -0.15) is 0 Å². The fraction of sp³-hybridized carbons (Fsp3) is 0.414. The average molecular weight is 662 g/mol. The number of piperidine rings is 1. The van der Waals surface area contributed by atoms with Crippen LogP contribution in [-0.2, 0) is 20.9 Å². The van der Waals surface area contributed by atoms with Crippen molar-refractivity contribution in [3.05, 3.63) is 73.9 Å². The summed E-state index contributed by atoms with van der Waals surface area (Å²) in [6.45, 7) is 5.64. The van der Waals surface area contributed by atoms with Gasteiger partial charge in [0.2, 0.25) is 17.7 Å². The lowest BCUT2D eigenvalue weighted by molar-refractivity contribution is -0.142. The van der Waals surface area contributed by atoms with Gasteiger partial charge in [0, 0.05) is 35.0 Å². The SMILES string of the molecule is Cc1cc([C@@H](C)n2cc(CNC(=O)C3CCN(C(=O)C4CCN(c5cc(Cl)ccc5Cl)C4=O)CC3)nn2)ccc1Br. The van der Waals surface area contributed by atoms with Gasteiger partial charge < -0.3 is 15.1 Å². The van der Waals surface area contributed by atoms with E-state index >= 15 is 0 Å². The maximum atomic E-state index is 13.2. The van der Waals surface area contributed by atoms with Crippen LogP contribution in [-0.4, -0.2) is 57.2 Å². The Morgan fingerprint density at radius 3 is 2.59 bits per heavy atom. The summed E-state index contributed by atoms with van der Waals surface area (Å²) in [7, 11) is 0. The number of aryl methyl sites for hydroxylation is 1. The van der Waals surface area contributed by atoms with Crippen LogP contribution in [0.15, 0.2) is 47.1 Å². The second-order valence-corrected chi connectivity index (χ2v) is 12.3. The molecule has 2 fully saturated rings. The van der Waals surface area contributed by atoms with Gasteiger partial charge in [-0.15, -0.1) is 5.10 Å². The Morgan fingerprint density at radius 1 is 1.10 bits per heavy atom. The largest absolute Gasteiger partial charge is 0.350 e. The summed E-state index contributed by atoms with van der Waals surface area (Å²) in [4.78, 5) is 42.4. The van der Waals surface area contributed by atoms with E-state index in [9.17, 15) is 14.4 Å². The number of nitrogens with zero attached hydrogens (tertiary/aromatic N) is 5. The number of nitrogens with one attached hydrogen (secondary N) is 1. The molecule has 216 valence electrons. The maximum Gasteiger partial charge on any atom is 0.239 e. The Bertz CT molecular complexity index is 1470. The van der Waals surface area contributed by atoms with Gasteiger partial charge >= 0.3 is 0 Å². The van der Waals surface area contributed by atoms with Gasteiger partial charge in [0.05, 0.1) is 29.5 Å². The van der Waals surface area contributed by atoms with E-state index in [1.807, 2.05) is 19.2 Å². The predicted octanol–water partition coefficient (Wildman–Crippen LogP) is 5.17. The molecule has 0 aliphatic carbocycles. The Balaban J connectivity index is 1.10. The van der Waals surface area contributed by atoms with E-state index in [-0.39, 0.29) is 36.2 Å². The molecule has 1 aromatic heterocycles. The summed E-state index contributed by atoms with van der Waals surface area (Å²) in [5.41, 5.74) is 3.46. The molecular weight excluding hydrogens is 631 g/mol. The van der Waals surface area contributed by atoms with E-state index < -0.39 is 5.92 Å². The van der Waals surface area contributed by atoms with Crippen molar-refractivity contribution in [1.29, 1.82) is 0 Å². The molecule has 12 heteroatoms. The number of amides is 3. The molecule has 0 spiro atoms. The molecule has 1 N–H and O–H groups in total. The number of benzene rings is 2. The van der Waals surface area contributed by atoms with Crippen molar-refractivity contribution >= 4 is 62.5 Å². The van der Waals surface area contributed by atoms with Gasteiger partial charge in [-0.3, -0.25) is 14.4 Å². The molecule has 0 bridgehead atoms. The molecule has 0 radical (unpaired) electrons. The third-order valence-electron chi connectivity index (χ3n) is 7.94. The topological polar surface area (TPSA) is 100 Å². The van der Waals surface area contributed by atoms with Gasteiger partial charge in [-0.25, -0.2) is 4.68 Å². The first kappa shape index (κ1) is 29.5. The Labute approximate surface area is 257 Å². The Morgan fingerprint density at radius 2 is 1.85 bits per heavy atom. The maximum absolute atomic E-state index is 13.2. The summed E-state index contributed by atoms with van der Waals surface area (Å²) in [6, 6.07) is 11.1. The monoisotopic (exact) mass is 660 g/mol. The lowest BCUT2D eigenvalue weighted by Gasteiger charge is -2.32. The lowest BCUT2D eigenvalue weighted by atomic mass is 9.94. The minimum absolute atomic E-state index is 0.00178. The second kappa shape index (κ2) is 12.5. The van der Waals surface area contributed by atoms with Crippen molar-refractivity contribution in [1.82, 2.24) is 25.2 Å². The van der Waals surface area contributed by atoms with Crippen molar-refractivity contribution in [2.24, 2.45) is 11.8 Å². The van der Waals surface area contributed by atoms with Crippen LogP contribution in [0.1, 0.15) is 49.0 Å². The molecule has 3 amide bonds. The quantitative estimate of drug-likeness (QED) is 0.352. The first-order valence-electron chi connectivity index (χ1n) is 13.6. The molecule has 2 aliphatic heterocycles. The van der Waals surface area contributed by atoms with Crippen LogP contribution >= 0.6 is 39.1 Å². The van der Waals surface area contributed by atoms with E-state index in [0.717, 1.165) is 15.6 Å². The highest BCUT2D eigenvalue weighted by atomic mass is 79.9. The number of aromatic nitrogens is 3. The van der Waals surface area contributed by atoms with Gasteiger partial charge in [0.25, 0.3) is 0 Å². The molecule has 0 saturated carbocycles. The highest BCUT2D eigenvalue weighted by Gasteiger charge is 2.41. The van der Waals surface area contributed by atoms with Crippen molar-refractivity contribution < 1.29 is 14.4 Å². The number of hydrogen-bond donors (Lipinski definition) is 1. The molecule has 3 aromatic rings. The number of carbonyl (C=O) groups excluding carboxylic acids is 3. The highest BCUT2D eigenvalue weighted by molar-refractivity contribution is 9.10. The van der Waals surface area contributed by atoms with Gasteiger partial charge in [-0.05, 0) is 68.5 Å². The zero-order valence-corrected chi connectivity index (χ0v) is 25.9. The number of rotatable bonds is 7. The van der Waals surface area contributed by atoms with Crippen molar-refractivity contribution in [3.8, 4) is 0 Å². The molecule has 3 heterocycles. The van der Waals surface area contributed by atoms with Crippen LogP contribution in [0.2, 0.25) is 10.0 Å². The third kappa shape index (κ3) is 6.44. The summed E-state index contributed by atoms with van der Waals surface area (Å²) in [6.07, 6.45) is 3.34. The molecular formula is C29H31BrCl2N6O3. The van der Waals surface area contributed by atoms with Crippen LogP contribution in [0.25, 0.3) is 0 Å². The predicted molar refractivity (Wildman–Crippen MR) is 161 cm³/mol. The summed E-state index contributed by atoms with van der Waals surface area (Å²) >= 11 is 15.9. The fourth-order valence-corrected chi connectivity index (χ4v) is 6.04. The minimum atomic E-state index is -0.748. The zero-order chi connectivity index (χ0) is 29.3. The van der Waals surface area contributed by atoms with Crippen LogP contribution in [0.5, 0.6) is 0 Å².